The van der Waals surface area contributed by atoms with Crippen LogP contribution in [0.5, 0.6) is 11.5 Å². The highest BCUT2D eigenvalue weighted by Gasteiger charge is 2.10. The first-order valence-corrected chi connectivity index (χ1v) is 9.84. The van der Waals surface area contributed by atoms with Crippen LogP contribution in [0, 0.1) is 5.82 Å². The van der Waals surface area contributed by atoms with E-state index >= 15 is 0 Å². The average Bonchev–Trinajstić information content (AvgIpc) is 2.68. The first kappa shape index (κ1) is 21.5. The minimum atomic E-state index is -0.357. The molecule has 27 heavy (non-hydrogen) atoms. The molecule has 0 atom stereocenters. The lowest BCUT2D eigenvalue weighted by Gasteiger charge is -2.15. The minimum absolute atomic E-state index is 0.258. The predicted octanol–water partition coefficient (Wildman–Crippen LogP) is 2.05. The van der Waals surface area contributed by atoms with E-state index in [-0.39, 0.29) is 12.4 Å². The Bertz CT molecular complexity index is 723. The number of hydrogen-bond acceptors (Lipinski definition) is 2. The van der Waals surface area contributed by atoms with Crippen LogP contribution in [0.4, 0.5) is 4.39 Å². The highest BCUT2D eigenvalue weighted by molar-refractivity contribution is 6.31. The lowest BCUT2D eigenvalue weighted by Crippen LogP contribution is -3.14. The Hall–Kier alpha value is -1.82. The maximum absolute atomic E-state index is 13.1. The van der Waals surface area contributed by atoms with Gasteiger partial charge in [0, 0.05) is 11.1 Å². The van der Waals surface area contributed by atoms with Crippen LogP contribution in [0.15, 0.2) is 36.4 Å². The molecule has 2 rings (SSSR count). The van der Waals surface area contributed by atoms with Crippen molar-refractivity contribution in [2.24, 2.45) is 0 Å². The van der Waals surface area contributed by atoms with Crippen molar-refractivity contribution in [3.8, 4) is 11.5 Å². The molecule has 0 heterocycles. The molecule has 0 aliphatic heterocycles. The largest absolute Gasteiger partial charge is 0.493 e. The fourth-order valence-electron chi connectivity index (χ4n) is 2.93. The molecule has 0 fully saturated rings. The summed E-state index contributed by atoms with van der Waals surface area (Å²) in [5.41, 5.74) is 1.92. The van der Waals surface area contributed by atoms with Crippen LogP contribution >= 0.6 is 11.6 Å². The maximum atomic E-state index is 13.1. The van der Waals surface area contributed by atoms with E-state index in [2.05, 4.69) is 19.2 Å². The summed E-state index contributed by atoms with van der Waals surface area (Å²) in [5, 5.41) is 2.68. The Morgan fingerprint density at radius 3 is 2.52 bits per heavy atom. The summed E-state index contributed by atoms with van der Waals surface area (Å²) in [6.45, 7) is 10.2. The maximum Gasteiger partial charge on any atom is 0.161 e. The molecule has 0 unspecified atom stereocenters. The van der Waals surface area contributed by atoms with Crippen molar-refractivity contribution in [3.05, 3.63) is 58.4 Å². The van der Waals surface area contributed by atoms with E-state index in [9.17, 15) is 4.39 Å². The molecule has 0 radical (unpaired) electrons. The molecule has 0 amide bonds. The number of ether oxygens (including phenoxy) is 2. The summed E-state index contributed by atoms with van der Waals surface area (Å²) >= 11 is 6.05. The molecule has 148 valence electrons. The van der Waals surface area contributed by atoms with Crippen molar-refractivity contribution in [2.45, 2.75) is 27.0 Å². The van der Waals surface area contributed by atoms with E-state index < -0.39 is 0 Å². The number of halogens is 2. The Morgan fingerprint density at radius 1 is 1.07 bits per heavy atom. The Balaban J connectivity index is 1.91. The average molecular weight is 397 g/mol. The molecule has 6 heteroatoms. The third-order valence-corrected chi connectivity index (χ3v) is 5.06. The molecular formula is C21H30ClFN2O2+2. The predicted molar refractivity (Wildman–Crippen MR) is 106 cm³/mol. The van der Waals surface area contributed by atoms with Gasteiger partial charge in [0.05, 0.1) is 25.2 Å². The van der Waals surface area contributed by atoms with E-state index in [1.165, 1.54) is 37.3 Å². The Labute approximate surface area is 166 Å². The van der Waals surface area contributed by atoms with Crippen LogP contribution in [0.2, 0.25) is 5.02 Å². The number of hydrogen-bond donors (Lipinski definition) is 2. The zero-order chi connectivity index (χ0) is 19.6. The van der Waals surface area contributed by atoms with E-state index in [1.807, 2.05) is 18.2 Å². The minimum Gasteiger partial charge on any atom is -0.493 e. The van der Waals surface area contributed by atoms with Gasteiger partial charge in [0.2, 0.25) is 0 Å². The van der Waals surface area contributed by atoms with Crippen molar-refractivity contribution in [3.63, 3.8) is 0 Å². The van der Waals surface area contributed by atoms with Crippen molar-refractivity contribution < 1.29 is 24.1 Å². The van der Waals surface area contributed by atoms with Gasteiger partial charge >= 0.3 is 0 Å². The molecule has 0 aliphatic rings. The topological polar surface area (TPSA) is 39.5 Å². The summed E-state index contributed by atoms with van der Waals surface area (Å²) in [7, 11) is 1.63. The number of likely N-dealkylation sites (N-methyl/N-ethyl adjacent to an activating group) is 1. The van der Waals surface area contributed by atoms with E-state index in [0.717, 1.165) is 18.7 Å². The molecule has 3 N–H and O–H groups in total. The van der Waals surface area contributed by atoms with E-state index in [0.29, 0.717) is 16.5 Å². The Kier molecular flexibility index (Phi) is 8.85. The van der Waals surface area contributed by atoms with E-state index in [4.69, 9.17) is 21.1 Å². The molecule has 0 bridgehead atoms. The number of nitrogens with two attached hydrogens (primary N) is 1. The second kappa shape index (κ2) is 11.1. The first-order chi connectivity index (χ1) is 13.1. The van der Waals surface area contributed by atoms with Crippen LogP contribution in [-0.2, 0) is 13.2 Å². The highest BCUT2D eigenvalue weighted by Crippen LogP contribution is 2.29. The van der Waals surface area contributed by atoms with Gasteiger partial charge in [-0.2, -0.15) is 0 Å². The third kappa shape index (κ3) is 6.69. The normalized spacial score (nSPS) is 11.0. The smallest absolute Gasteiger partial charge is 0.161 e. The lowest BCUT2D eigenvalue weighted by atomic mass is 10.2. The van der Waals surface area contributed by atoms with Gasteiger partial charge in [0.25, 0.3) is 0 Å². The number of rotatable bonds is 11. The highest BCUT2D eigenvalue weighted by atomic mass is 35.5. The monoisotopic (exact) mass is 396 g/mol. The molecule has 0 spiro atoms. The van der Waals surface area contributed by atoms with Gasteiger partial charge in [-0.25, -0.2) is 4.39 Å². The van der Waals surface area contributed by atoms with E-state index in [1.54, 1.807) is 18.1 Å². The molecule has 0 aromatic heterocycles. The second-order valence-corrected chi connectivity index (χ2v) is 6.91. The fraction of sp³-hybridized carbons (Fsp3) is 0.429. The Morgan fingerprint density at radius 2 is 1.85 bits per heavy atom. The quantitative estimate of drug-likeness (QED) is 0.571. The van der Waals surface area contributed by atoms with Crippen LogP contribution < -0.4 is 19.7 Å². The third-order valence-electron chi connectivity index (χ3n) is 4.71. The van der Waals surface area contributed by atoms with Crippen LogP contribution in [-0.4, -0.2) is 33.3 Å². The zero-order valence-corrected chi connectivity index (χ0v) is 17.1. The number of quaternary nitrogens is 2. The van der Waals surface area contributed by atoms with Crippen LogP contribution in [0.3, 0.4) is 0 Å². The molecule has 0 aliphatic carbocycles. The summed E-state index contributed by atoms with van der Waals surface area (Å²) in [4.78, 5) is 1.62. The summed E-state index contributed by atoms with van der Waals surface area (Å²) < 4.78 is 24.4. The molecule has 0 saturated carbocycles. The summed E-state index contributed by atoms with van der Waals surface area (Å²) in [5.74, 6) is 0.979. The molecule has 4 nitrogen and oxygen atoms in total. The van der Waals surface area contributed by atoms with Gasteiger partial charge in [-0.05, 0) is 44.2 Å². The van der Waals surface area contributed by atoms with Gasteiger partial charge in [0.15, 0.2) is 11.5 Å². The van der Waals surface area contributed by atoms with Gasteiger partial charge in [-0.3, -0.25) is 0 Å². The van der Waals surface area contributed by atoms with Crippen LogP contribution in [0.1, 0.15) is 25.0 Å². The number of nitrogens with one attached hydrogen (secondary N) is 1. The molecule has 2 aromatic rings. The van der Waals surface area contributed by atoms with Crippen molar-refractivity contribution in [2.75, 3.05) is 33.3 Å². The standard InChI is InChI=1S/C21H28ClFN2O2/c1-4-25(5-2)11-10-24-14-16-6-9-20(21(12-16)26-3)27-15-17-7-8-18(23)13-19(17)22/h6-9,12-13,24H,4-5,10-11,14-15H2,1-3H3/p+2. The lowest BCUT2D eigenvalue weighted by molar-refractivity contribution is -0.910. The van der Waals surface area contributed by atoms with Gasteiger partial charge in [-0.1, -0.05) is 17.7 Å². The molecule has 2 aromatic carbocycles. The number of methoxy groups -OCH3 is 1. The molecular weight excluding hydrogens is 367 g/mol. The summed E-state index contributed by atoms with van der Waals surface area (Å²) in [6, 6.07) is 10.3. The SMILES string of the molecule is CC[NH+](CC)CC[NH2+]Cc1ccc(OCc2ccc(F)cc2Cl)c(OC)c1. The van der Waals surface area contributed by atoms with Gasteiger partial charge in [0.1, 0.15) is 32.1 Å². The molecule has 0 saturated heterocycles. The van der Waals surface area contributed by atoms with Crippen LogP contribution in [0.25, 0.3) is 0 Å². The first-order valence-electron chi connectivity index (χ1n) is 9.46. The second-order valence-electron chi connectivity index (χ2n) is 6.50. The van der Waals surface area contributed by atoms with Crippen molar-refractivity contribution >= 4 is 11.6 Å². The zero-order valence-electron chi connectivity index (χ0n) is 16.4. The van der Waals surface area contributed by atoms with Crippen molar-refractivity contribution in [1.82, 2.24) is 0 Å². The summed E-state index contributed by atoms with van der Waals surface area (Å²) in [6.07, 6.45) is 0. The van der Waals surface area contributed by atoms with Crippen molar-refractivity contribution in [1.29, 1.82) is 0 Å². The number of benzene rings is 2. The van der Waals surface area contributed by atoms with Gasteiger partial charge < -0.3 is 19.7 Å². The van der Waals surface area contributed by atoms with Gasteiger partial charge in [-0.15, -0.1) is 0 Å². The fourth-order valence-corrected chi connectivity index (χ4v) is 3.15.